The molecule has 4 rings (SSSR count). The summed E-state index contributed by atoms with van der Waals surface area (Å²) in [5.41, 5.74) is 1.91. The molecule has 0 bridgehead atoms. The Morgan fingerprint density at radius 1 is 1.27 bits per heavy atom. The highest BCUT2D eigenvalue weighted by Crippen LogP contribution is 2.30. The van der Waals surface area contributed by atoms with Crippen molar-refractivity contribution < 1.29 is 9.21 Å². The van der Waals surface area contributed by atoms with Gasteiger partial charge in [0, 0.05) is 30.2 Å². The maximum absolute atomic E-state index is 12.5. The first kappa shape index (κ1) is 17.1. The van der Waals surface area contributed by atoms with Gasteiger partial charge < -0.3 is 14.3 Å². The zero-order chi connectivity index (χ0) is 18.1. The number of para-hydroxylation sites is 1. The van der Waals surface area contributed by atoms with Gasteiger partial charge in [0.15, 0.2) is 0 Å². The van der Waals surface area contributed by atoms with E-state index in [0.29, 0.717) is 28.7 Å². The van der Waals surface area contributed by atoms with Crippen LogP contribution in [0.2, 0.25) is 0 Å². The van der Waals surface area contributed by atoms with E-state index in [1.165, 1.54) is 18.2 Å². The van der Waals surface area contributed by atoms with E-state index in [1.807, 2.05) is 35.4 Å². The van der Waals surface area contributed by atoms with Crippen LogP contribution in [0.1, 0.15) is 20.3 Å². The van der Waals surface area contributed by atoms with Crippen molar-refractivity contribution in [2.45, 2.75) is 25.5 Å². The number of benzene rings is 1. The van der Waals surface area contributed by atoms with Crippen LogP contribution >= 0.6 is 11.8 Å². The van der Waals surface area contributed by atoms with Gasteiger partial charge in [0.1, 0.15) is 0 Å². The van der Waals surface area contributed by atoms with E-state index in [2.05, 4.69) is 29.0 Å². The maximum atomic E-state index is 12.5. The van der Waals surface area contributed by atoms with Crippen LogP contribution in [-0.4, -0.2) is 44.8 Å². The Kier molecular flexibility index (Phi) is 4.72. The molecule has 136 valence electrons. The van der Waals surface area contributed by atoms with E-state index in [0.717, 1.165) is 29.6 Å². The summed E-state index contributed by atoms with van der Waals surface area (Å²) in [6.45, 7) is 6.09. The van der Waals surface area contributed by atoms with Gasteiger partial charge in [-0.05, 0) is 24.3 Å². The van der Waals surface area contributed by atoms with Crippen molar-refractivity contribution in [2.75, 3.05) is 18.8 Å². The van der Waals surface area contributed by atoms with Gasteiger partial charge in [-0.2, -0.15) is 0 Å². The molecule has 0 spiro atoms. The Hall–Kier alpha value is -2.28. The molecule has 0 saturated carbocycles. The van der Waals surface area contributed by atoms with Gasteiger partial charge in [-0.3, -0.25) is 4.79 Å². The third-order valence-corrected chi connectivity index (χ3v) is 5.57. The first-order chi connectivity index (χ1) is 12.6. The second-order valence-corrected chi connectivity index (χ2v) is 8.08. The van der Waals surface area contributed by atoms with Crippen LogP contribution < -0.4 is 0 Å². The number of carbonyl (C=O) groups excluding carboxylic acids is 1. The summed E-state index contributed by atoms with van der Waals surface area (Å²) < 4.78 is 5.77. The first-order valence-electron chi connectivity index (χ1n) is 8.90. The third kappa shape index (κ3) is 3.49. The smallest absolute Gasteiger partial charge is 0.277 e. The summed E-state index contributed by atoms with van der Waals surface area (Å²) >= 11 is 1.31. The average molecular weight is 370 g/mol. The van der Waals surface area contributed by atoms with Crippen LogP contribution in [0.3, 0.4) is 0 Å². The Morgan fingerprint density at radius 3 is 2.85 bits per heavy atom. The second kappa shape index (κ2) is 7.15. The fourth-order valence-electron chi connectivity index (χ4n) is 3.71. The van der Waals surface area contributed by atoms with Gasteiger partial charge in [-0.25, -0.2) is 0 Å². The number of piperidine rings is 1. The topological polar surface area (TPSA) is 75.0 Å². The van der Waals surface area contributed by atoms with Crippen LogP contribution in [0.5, 0.6) is 0 Å². The number of rotatable bonds is 4. The number of fused-ring (bicyclic) bond motifs is 1. The number of amides is 1. The van der Waals surface area contributed by atoms with Crippen LogP contribution in [0.25, 0.3) is 22.4 Å². The molecule has 0 aliphatic carbocycles. The van der Waals surface area contributed by atoms with E-state index in [4.69, 9.17) is 4.42 Å². The molecule has 1 saturated heterocycles. The fraction of sp³-hybridized carbons (Fsp3) is 0.421. The van der Waals surface area contributed by atoms with Gasteiger partial charge in [-0.15, -0.1) is 10.2 Å². The minimum Gasteiger partial charge on any atom is -0.411 e. The van der Waals surface area contributed by atoms with Crippen LogP contribution in [-0.2, 0) is 4.79 Å². The minimum atomic E-state index is 0.139. The highest BCUT2D eigenvalue weighted by atomic mass is 32.2. The van der Waals surface area contributed by atoms with Crippen molar-refractivity contribution in [3.63, 3.8) is 0 Å². The van der Waals surface area contributed by atoms with E-state index < -0.39 is 0 Å². The molecule has 26 heavy (non-hydrogen) atoms. The summed E-state index contributed by atoms with van der Waals surface area (Å²) in [5.74, 6) is 2.06. The maximum Gasteiger partial charge on any atom is 0.277 e. The average Bonchev–Trinajstić information content (AvgIpc) is 3.25. The highest BCUT2D eigenvalue weighted by Gasteiger charge is 2.25. The van der Waals surface area contributed by atoms with Crippen molar-refractivity contribution in [1.82, 2.24) is 20.1 Å². The monoisotopic (exact) mass is 370 g/mol. The number of H-pyrrole nitrogens is 1. The molecule has 3 heterocycles. The van der Waals surface area contributed by atoms with E-state index in [-0.39, 0.29) is 5.91 Å². The number of nitrogens with zero attached hydrogens (tertiary/aromatic N) is 3. The van der Waals surface area contributed by atoms with Gasteiger partial charge in [0.05, 0.1) is 11.3 Å². The summed E-state index contributed by atoms with van der Waals surface area (Å²) in [6, 6.07) is 7.97. The molecule has 0 radical (unpaired) electrons. The van der Waals surface area contributed by atoms with Gasteiger partial charge in [-0.1, -0.05) is 43.8 Å². The molecule has 6 nitrogen and oxygen atoms in total. The van der Waals surface area contributed by atoms with Crippen LogP contribution in [0.4, 0.5) is 0 Å². The van der Waals surface area contributed by atoms with E-state index in [1.54, 1.807) is 0 Å². The lowest BCUT2D eigenvalue weighted by molar-refractivity contribution is -0.130. The van der Waals surface area contributed by atoms with Crippen LogP contribution in [0, 0.1) is 11.8 Å². The standard InChI is InChI=1S/C19H22N4O2S/c1-12-7-13(2)10-23(9-12)17(24)11-26-19-22-21-18(25-19)15-8-20-16-6-4-3-5-14(15)16/h3-6,8,12-13,20H,7,9-11H2,1-2H3/t12-,13-/m0/s1. The van der Waals surface area contributed by atoms with Gasteiger partial charge in [0.25, 0.3) is 11.1 Å². The summed E-state index contributed by atoms with van der Waals surface area (Å²) in [5, 5.41) is 9.70. The minimum absolute atomic E-state index is 0.139. The number of thioether (sulfide) groups is 1. The molecule has 1 aliphatic rings. The molecular weight excluding hydrogens is 348 g/mol. The summed E-state index contributed by atoms with van der Waals surface area (Å²) in [6.07, 6.45) is 3.06. The zero-order valence-electron chi connectivity index (χ0n) is 14.9. The van der Waals surface area contributed by atoms with Crippen molar-refractivity contribution >= 4 is 28.6 Å². The summed E-state index contributed by atoms with van der Waals surface area (Å²) in [7, 11) is 0. The van der Waals surface area contributed by atoms with Gasteiger partial charge in [0.2, 0.25) is 5.91 Å². The van der Waals surface area contributed by atoms with Crippen LogP contribution in [0.15, 0.2) is 40.1 Å². The number of carbonyl (C=O) groups is 1. The van der Waals surface area contributed by atoms with Crippen molar-refractivity contribution in [1.29, 1.82) is 0 Å². The number of aromatic amines is 1. The Morgan fingerprint density at radius 2 is 2.04 bits per heavy atom. The largest absolute Gasteiger partial charge is 0.411 e. The quantitative estimate of drug-likeness (QED) is 0.707. The Bertz CT molecular complexity index is 909. The molecule has 1 amide bonds. The van der Waals surface area contributed by atoms with Gasteiger partial charge >= 0.3 is 0 Å². The normalized spacial score (nSPS) is 20.6. The van der Waals surface area contributed by atoms with Crippen molar-refractivity contribution in [3.8, 4) is 11.5 Å². The number of hydrogen-bond acceptors (Lipinski definition) is 5. The Balaban J connectivity index is 1.42. The molecule has 3 aromatic rings. The molecule has 2 atom stereocenters. The third-order valence-electron chi connectivity index (χ3n) is 4.77. The molecule has 7 heteroatoms. The molecule has 0 unspecified atom stereocenters. The number of hydrogen-bond donors (Lipinski definition) is 1. The molecule has 2 aromatic heterocycles. The lowest BCUT2D eigenvalue weighted by Gasteiger charge is -2.34. The SMILES string of the molecule is C[C@H]1C[C@H](C)CN(C(=O)CSc2nnc(-c3c[nH]c4ccccc34)o2)C1. The van der Waals surface area contributed by atoms with E-state index >= 15 is 0 Å². The fourth-order valence-corrected chi connectivity index (χ4v) is 4.37. The molecule has 1 N–H and O–H groups in total. The first-order valence-corrected chi connectivity index (χ1v) is 9.89. The Labute approximate surface area is 156 Å². The second-order valence-electron chi connectivity index (χ2n) is 7.15. The number of likely N-dealkylation sites (tertiary alicyclic amines) is 1. The predicted octanol–water partition coefficient (Wildman–Crippen LogP) is 3.81. The molecule has 1 aliphatic heterocycles. The summed E-state index contributed by atoms with van der Waals surface area (Å²) in [4.78, 5) is 17.6. The molecular formula is C19H22N4O2S. The molecule has 1 aromatic carbocycles. The molecule has 1 fully saturated rings. The number of aromatic nitrogens is 3. The zero-order valence-corrected chi connectivity index (χ0v) is 15.8. The number of nitrogens with one attached hydrogen (secondary N) is 1. The predicted molar refractivity (Wildman–Crippen MR) is 102 cm³/mol. The van der Waals surface area contributed by atoms with Crippen molar-refractivity contribution in [3.05, 3.63) is 30.5 Å². The van der Waals surface area contributed by atoms with E-state index in [9.17, 15) is 4.79 Å². The lowest BCUT2D eigenvalue weighted by atomic mass is 9.92. The lowest BCUT2D eigenvalue weighted by Crippen LogP contribution is -2.43. The highest BCUT2D eigenvalue weighted by molar-refractivity contribution is 7.99. The van der Waals surface area contributed by atoms with Crippen molar-refractivity contribution in [2.24, 2.45) is 11.8 Å².